The van der Waals surface area contributed by atoms with Crippen LogP contribution in [0.15, 0.2) is 60.7 Å². The van der Waals surface area contributed by atoms with Crippen LogP contribution in [0.5, 0.6) is 0 Å². The van der Waals surface area contributed by atoms with Gasteiger partial charge in [0.1, 0.15) is 5.82 Å². The average molecular weight is 234 g/mol. The number of para-hydroxylation sites is 2. The highest BCUT2D eigenvalue weighted by atomic mass is 15.0. The van der Waals surface area contributed by atoms with E-state index in [1.165, 1.54) is 10.9 Å². The van der Waals surface area contributed by atoms with Crippen molar-refractivity contribution in [1.82, 2.24) is 4.98 Å². The largest absolute Gasteiger partial charge is 0.340 e. The van der Waals surface area contributed by atoms with Crippen molar-refractivity contribution in [2.45, 2.75) is 6.92 Å². The highest BCUT2D eigenvalue weighted by Gasteiger charge is 2.02. The molecule has 0 unspecified atom stereocenters. The molecule has 3 aromatic rings. The van der Waals surface area contributed by atoms with Crippen molar-refractivity contribution >= 4 is 22.4 Å². The summed E-state index contributed by atoms with van der Waals surface area (Å²) >= 11 is 0. The third-order valence-corrected chi connectivity index (χ3v) is 2.97. The van der Waals surface area contributed by atoms with Gasteiger partial charge in [0.2, 0.25) is 0 Å². The van der Waals surface area contributed by atoms with Gasteiger partial charge in [-0.2, -0.15) is 0 Å². The van der Waals surface area contributed by atoms with E-state index < -0.39 is 0 Å². The van der Waals surface area contributed by atoms with E-state index >= 15 is 0 Å². The summed E-state index contributed by atoms with van der Waals surface area (Å²) in [7, 11) is 0. The molecule has 0 saturated carbocycles. The van der Waals surface area contributed by atoms with Crippen molar-refractivity contribution in [3.8, 4) is 0 Å². The number of pyridine rings is 1. The van der Waals surface area contributed by atoms with Gasteiger partial charge in [-0.1, -0.05) is 36.4 Å². The van der Waals surface area contributed by atoms with Crippen LogP contribution in [0.2, 0.25) is 0 Å². The second kappa shape index (κ2) is 4.49. The van der Waals surface area contributed by atoms with Crippen molar-refractivity contribution in [2.75, 3.05) is 5.32 Å². The molecule has 2 nitrogen and oxygen atoms in total. The fourth-order valence-corrected chi connectivity index (χ4v) is 2.08. The van der Waals surface area contributed by atoms with Gasteiger partial charge < -0.3 is 5.32 Å². The number of aromatic nitrogens is 1. The molecule has 2 aromatic carbocycles. The van der Waals surface area contributed by atoms with Crippen LogP contribution in [0, 0.1) is 6.92 Å². The lowest BCUT2D eigenvalue weighted by Gasteiger charge is -2.08. The fraction of sp³-hybridized carbons (Fsp3) is 0.0625. The normalized spacial score (nSPS) is 10.5. The minimum atomic E-state index is 0.886. The first-order valence-corrected chi connectivity index (χ1v) is 6.01. The SMILES string of the molecule is Cc1cc(Nc2ccccc2)nc2ccccc12. The summed E-state index contributed by atoms with van der Waals surface area (Å²) in [6.07, 6.45) is 0. The molecular formula is C16H14N2. The van der Waals surface area contributed by atoms with Crippen molar-refractivity contribution in [1.29, 1.82) is 0 Å². The summed E-state index contributed by atoms with van der Waals surface area (Å²) in [6.45, 7) is 2.11. The van der Waals surface area contributed by atoms with Crippen molar-refractivity contribution in [2.24, 2.45) is 0 Å². The molecule has 1 N–H and O–H groups in total. The number of hydrogen-bond donors (Lipinski definition) is 1. The van der Waals surface area contributed by atoms with Gasteiger partial charge >= 0.3 is 0 Å². The fourth-order valence-electron chi connectivity index (χ4n) is 2.08. The molecule has 0 bridgehead atoms. The number of nitrogens with zero attached hydrogens (tertiary/aromatic N) is 1. The van der Waals surface area contributed by atoms with Crippen molar-refractivity contribution < 1.29 is 0 Å². The van der Waals surface area contributed by atoms with Crippen LogP contribution in [-0.4, -0.2) is 4.98 Å². The third kappa shape index (κ3) is 2.05. The van der Waals surface area contributed by atoms with E-state index in [1.54, 1.807) is 0 Å². The molecule has 1 heterocycles. The van der Waals surface area contributed by atoms with E-state index in [2.05, 4.69) is 29.4 Å². The highest BCUT2D eigenvalue weighted by molar-refractivity contribution is 5.84. The van der Waals surface area contributed by atoms with E-state index in [4.69, 9.17) is 0 Å². The summed E-state index contributed by atoms with van der Waals surface area (Å²) in [4.78, 5) is 4.62. The molecule has 0 spiro atoms. The summed E-state index contributed by atoms with van der Waals surface area (Å²) in [5.41, 5.74) is 3.31. The molecular weight excluding hydrogens is 220 g/mol. The van der Waals surface area contributed by atoms with Gasteiger partial charge in [0, 0.05) is 11.1 Å². The molecule has 0 fully saturated rings. The van der Waals surface area contributed by atoms with Crippen molar-refractivity contribution in [3.05, 3.63) is 66.2 Å². The lowest BCUT2D eigenvalue weighted by molar-refractivity contribution is 1.34. The van der Waals surface area contributed by atoms with Gasteiger partial charge in [0.15, 0.2) is 0 Å². The maximum Gasteiger partial charge on any atom is 0.131 e. The Labute approximate surface area is 106 Å². The molecule has 3 rings (SSSR count). The summed E-state index contributed by atoms with van der Waals surface area (Å²) < 4.78 is 0. The van der Waals surface area contributed by atoms with Crippen LogP contribution < -0.4 is 5.32 Å². The number of aryl methyl sites for hydroxylation is 1. The minimum absolute atomic E-state index is 0.886. The summed E-state index contributed by atoms with van der Waals surface area (Å²) in [5.74, 6) is 0.886. The zero-order valence-electron chi connectivity index (χ0n) is 10.2. The number of rotatable bonds is 2. The molecule has 1 aromatic heterocycles. The van der Waals surface area contributed by atoms with E-state index in [-0.39, 0.29) is 0 Å². The standard InChI is InChI=1S/C16H14N2/c1-12-11-16(17-13-7-3-2-4-8-13)18-15-10-6-5-9-14(12)15/h2-11H,1H3,(H,17,18). The van der Waals surface area contributed by atoms with E-state index in [0.717, 1.165) is 17.0 Å². The number of hydrogen-bond acceptors (Lipinski definition) is 2. The Bertz CT molecular complexity index is 675. The van der Waals surface area contributed by atoms with Crippen LogP contribution in [0.3, 0.4) is 0 Å². The highest BCUT2D eigenvalue weighted by Crippen LogP contribution is 2.22. The zero-order valence-corrected chi connectivity index (χ0v) is 10.2. The van der Waals surface area contributed by atoms with Gasteiger partial charge in [-0.25, -0.2) is 4.98 Å². The topological polar surface area (TPSA) is 24.9 Å². The van der Waals surface area contributed by atoms with E-state index in [0.29, 0.717) is 0 Å². The Morgan fingerprint density at radius 3 is 2.44 bits per heavy atom. The number of nitrogens with one attached hydrogen (secondary N) is 1. The molecule has 0 aliphatic carbocycles. The Hall–Kier alpha value is -2.35. The third-order valence-electron chi connectivity index (χ3n) is 2.97. The molecule has 0 amide bonds. The van der Waals surface area contributed by atoms with E-state index in [1.807, 2.05) is 48.5 Å². The molecule has 0 radical (unpaired) electrons. The molecule has 0 aliphatic heterocycles. The molecule has 88 valence electrons. The van der Waals surface area contributed by atoms with Gasteiger partial charge in [-0.15, -0.1) is 0 Å². The van der Waals surface area contributed by atoms with Crippen LogP contribution in [0.1, 0.15) is 5.56 Å². The molecule has 0 atom stereocenters. The van der Waals surface area contributed by atoms with Gasteiger partial charge in [-0.05, 0) is 36.8 Å². The molecule has 18 heavy (non-hydrogen) atoms. The lowest BCUT2D eigenvalue weighted by Crippen LogP contribution is -1.94. The van der Waals surface area contributed by atoms with Crippen LogP contribution in [0.25, 0.3) is 10.9 Å². The monoisotopic (exact) mass is 234 g/mol. The predicted molar refractivity (Wildman–Crippen MR) is 76.2 cm³/mol. The van der Waals surface area contributed by atoms with Crippen LogP contribution in [0.4, 0.5) is 11.5 Å². The maximum absolute atomic E-state index is 4.62. The number of anilines is 2. The molecule has 0 saturated heterocycles. The first-order valence-electron chi connectivity index (χ1n) is 6.01. The molecule has 0 aliphatic rings. The minimum Gasteiger partial charge on any atom is -0.340 e. The number of fused-ring (bicyclic) bond motifs is 1. The smallest absolute Gasteiger partial charge is 0.131 e. The quantitative estimate of drug-likeness (QED) is 0.715. The van der Waals surface area contributed by atoms with Crippen LogP contribution >= 0.6 is 0 Å². The first kappa shape index (κ1) is 10.8. The molecule has 2 heteroatoms. The predicted octanol–water partition coefficient (Wildman–Crippen LogP) is 4.29. The average Bonchev–Trinajstić information content (AvgIpc) is 2.40. The Balaban J connectivity index is 2.03. The Kier molecular flexibility index (Phi) is 2.69. The second-order valence-corrected chi connectivity index (χ2v) is 4.33. The van der Waals surface area contributed by atoms with E-state index in [9.17, 15) is 0 Å². The first-order chi connectivity index (χ1) is 8.83. The van der Waals surface area contributed by atoms with Gasteiger partial charge in [-0.3, -0.25) is 0 Å². The van der Waals surface area contributed by atoms with Gasteiger partial charge in [0.25, 0.3) is 0 Å². The zero-order chi connectivity index (χ0) is 12.4. The van der Waals surface area contributed by atoms with Crippen LogP contribution in [-0.2, 0) is 0 Å². The Morgan fingerprint density at radius 1 is 0.889 bits per heavy atom. The summed E-state index contributed by atoms with van der Waals surface area (Å²) in [5, 5.41) is 4.53. The second-order valence-electron chi connectivity index (χ2n) is 4.33. The van der Waals surface area contributed by atoms with Gasteiger partial charge in [0.05, 0.1) is 5.52 Å². The lowest BCUT2D eigenvalue weighted by atomic mass is 10.1. The number of benzene rings is 2. The Morgan fingerprint density at radius 2 is 1.61 bits per heavy atom. The van der Waals surface area contributed by atoms with Crippen molar-refractivity contribution in [3.63, 3.8) is 0 Å². The summed E-state index contributed by atoms with van der Waals surface area (Å²) in [6, 6.07) is 20.4. The maximum atomic E-state index is 4.62.